The van der Waals surface area contributed by atoms with E-state index < -0.39 is 11.7 Å². The fraction of sp³-hybridized carbons (Fsp3) is 0.611. The van der Waals surface area contributed by atoms with Crippen molar-refractivity contribution < 1.29 is 18.0 Å². The molecule has 0 aliphatic carbocycles. The maximum atomic E-state index is 12.8. The summed E-state index contributed by atoms with van der Waals surface area (Å²) in [5.41, 5.74) is -0.108. The lowest BCUT2D eigenvalue weighted by atomic mass is 9.94. The zero-order chi connectivity index (χ0) is 17.7. The van der Waals surface area contributed by atoms with Gasteiger partial charge in [0, 0.05) is 19.0 Å². The van der Waals surface area contributed by atoms with Gasteiger partial charge in [0.05, 0.1) is 5.56 Å². The van der Waals surface area contributed by atoms with Crippen LogP contribution in [0, 0.1) is 11.8 Å². The van der Waals surface area contributed by atoms with Gasteiger partial charge >= 0.3 is 6.18 Å². The van der Waals surface area contributed by atoms with Crippen molar-refractivity contribution >= 4 is 18.3 Å². The lowest BCUT2D eigenvalue weighted by Gasteiger charge is -2.33. The van der Waals surface area contributed by atoms with Gasteiger partial charge in [0.1, 0.15) is 0 Å². The lowest BCUT2D eigenvalue weighted by molar-refractivity contribution is -0.137. The number of hydrogen-bond donors (Lipinski definition) is 1. The molecule has 3 nitrogen and oxygen atoms in total. The maximum absolute atomic E-state index is 12.8. The van der Waals surface area contributed by atoms with Gasteiger partial charge in [0.2, 0.25) is 5.91 Å². The number of alkyl halides is 3. The van der Waals surface area contributed by atoms with Gasteiger partial charge < -0.3 is 10.2 Å². The summed E-state index contributed by atoms with van der Waals surface area (Å²) in [5, 5.41) is 3.16. The van der Waals surface area contributed by atoms with Crippen molar-refractivity contribution in [3.8, 4) is 0 Å². The Bertz CT molecular complexity index is 557. The minimum absolute atomic E-state index is 0. The van der Waals surface area contributed by atoms with Crippen molar-refractivity contribution in [3.05, 3.63) is 35.4 Å². The van der Waals surface area contributed by atoms with Gasteiger partial charge in [-0.1, -0.05) is 25.1 Å². The first-order chi connectivity index (χ1) is 11.3. The quantitative estimate of drug-likeness (QED) is 0.846. The number of piperidine rings is 1. The summed E-state index contributed by atoms with van der Waals surface area (Å²) in [6.07, 6.45) is -2.07. The fourth-order valence-electron chi connectivity index (χ4n) is 3.27. The molecule has 0 bridgehead atoms. The Kier molecular flexibility index (Phi) is 8.22. The average molecular weight is 379 g/mol. The normalized spacial score (nSPS) is 17.1. The van der Waals surface area contributed by atoms with Crippen LogP contribution in [0.2, 0.25) is 0 Å². The number of likely N-dealkylation sites (tertiary alicyclic amines) is 1. The number of carbonyl (C=O) groups excluding carboxylic acids is 1. The molecule has 0 spiro atoms. The van der Waals surface area contributed by atoms with Crippen molar-refractivity contribution in [2.24, 2.45) is 11.8 Å². The summed E-state index contributed by atoms with van der Waals surface area (Å²) in [5.74, 6) is 0.322. The highest BCUT2D eigenvalue weighted by atomic mass is 35.5. The van der Waals surface area contributed by atoms with Crippen LogP contribution in [-0.4, -0.2) is 37.5 Å². The van der Waals surface area contributed by atoms with Gasteiger partial charge in [-0.2, -0.15) is 13.2 Å². The second-order valence-electron chi connectivity index (χ2n) is 6.63. The molecule has 0 radical (unpaired) electrons. The van der Waals surface area contributed by atoms with Crippen LogP contribution < -0.4 is 5.32 Å². The molecule has 1 unspecified atom stereocenters. The monoisotopic (exact) mass is 378 g/mol. The second-order valence-corrected chi connectivity index (χ2v) is 6.63. The van der Waals surface area contributed by atoms with E-state index in [2.05, 4.69) is 5.32 Å². The van der Waals surface area contributed by atoms with Crippen molar-refractivity contribution in [1.29, 1.82) is 0 Å². The second kappa shape index (κ2) is 9.43. The zero-order valence-corrected chi connectivity index (χ0v) is 15.4. The Labute approximate surface area is 153 Å². The van der Waals surface area contributed by atoms with Crippen LogP contribution in [0.15, 0.2) is 24.3 Å². The number of halogens is 4. The first-order valence-corrected chi connectivity index (χ1v) is 8.40. The number of benzene rings is 1. The molecule has 1 heterocycles. The molecule has 7 heteroatoms. The number of rotatable bonds is 5. The van der Waals surface area contributed by atoms with Crippen LogP contribution in [0.4, 0.5) is 13.2 Å². The molecule has 1 atom stereocenters. The molecular formula is C18H26ClF3N2O. The van der Waals surface area contributed by atoms with Crippen molar-refractivity contribution in [1.82, 2.24) is 10.2 Å². The molecule has 0 saturated carbocycles. The predicted octanol–water partition coefficient (Wildman–Crippen LogP) is 3.76. The molecule has 1 aromatic rings. The van der Waals surface area contributed by atoms with E-state index in [1.54, 1.807) is 13.0 Å². The van der Waals surface area contributed by atoms with Crippen LogP contribution in [-0.2, 0) is 17.4 Å². The highest BCUT2D eigenvalue weighted by Crippen LogP contribution is 2.30. The summed E-state index contributed by atoms with van der Waals surface area (Å²) in [4.78, 5) is 14.4. The van der Waals surface area contributed by atoms with E-state index in [1.807, 2.05) is 11.9 Å². The highest BCUT2D eigenvalue weighted by molar-refractivity contribution is 5.85. The van der Waals surface area contributed by atoms with Crippen LogP contribution in [0.3, 0.4) is 0 Å². The van der Waals surface area contributed by atoms with E-state index >= 15 is 0 Å². The fourth-order valence-corrected chi connectivity index (χ4v) is 3.27. The Balaban J connectivity index is 0.00000312. The lowest BCUT2D eigenvalue weighted by Crippen LogP contribution is -2.43. The number of carbonyl (C=O) groups is 1. The van der Waals surface area contributed by atoms with Gasteiger partial charge in [0.25, 0.3) is 0 Å². The van der Waals surface area contributed by atoms with E-state index in [4.69, 9.17) is 0 Å². The molecule has 1 aromatic carbocycles. The predicted molar refractivity (Wildman–Crippen MR) is 94.8 cm³/mol. The molecule has 1 saturated heterocycles. The molecule has 1 amide bonds. The summed E-state index contributed by atoms with van der Waals surface area (Å²) in [6.45, 7) is 4.22. The first kappa shape index (κ1) is 21.8. The SMILES string of the molecule is CNCC1CCN(C(=O)C(C)Cc2cccc(C(F)(F)F)c2)CC1.Cl. The summed E-state index contributed by atoms with van der Waals surface area (Å²) >= 11 is 0. The molecule has 1 fully saturated rings. The largest absolute Gasteiger partial charge is 0.416 e. The number of nitrogens with one attached hydrogen (secondary N) is 1. The van der Waals surface area contributed by atoms with Crippen molar-refractivity contribution in [2.45, 2.75) is 32.4 Å². The standard InChI is InChI=1S/C18H25F3N2O.ClH/c1-13(10-15-4-3-5-16(11-15)18(19,20)21)17(24)23-8-6-14(7-9-23)12-22-2;/h3-5,11,13-14,22H,6-10,12H2,1-2H3;1H. The smallest absolute Gasteiger partial charge is 0.342 e. The van der Waals surface area contributed by atoms with Crippen molar-refractivity contribution in [3.63, 3.8) is 0 Å². The summed E-state index contributed by atoms with van der Waals surface area (Å²) in [6, 6.07) is 5.25. The number of amides is 1. The molecule has 1 N–H and O–H groups in total. The van der Waals surface area contributed by atoms with Gasteiger partial charge in [-0.05, 0) is 50.4 Å². The van der Waals surface area contributed by atoms with Gasteiger partial charge in [-0.25, -0.2) is 0 Å². The Morgan fingerprint density at radius 1 is 1.32 bits per heavy atom. The zero-order valence-electron chi connectivity index (χ0n) is 14.6. The van der Waals surface area contributed by atoms with E-state index in [-0.39, 0.29) is 24.2 Å². The van der Waals surface area contributed by atoms with Crippen LogP contribution in [0.1, 0.15) is 30.9 Å². The average Bonchev–Trinajstić information content (AvgIpc) is 2.54. The summed E-state index contributed by atoms with van der Waals surface area (Å²) in [7, 11) is 1.93. The van der Waals surface area contributed by atoms with E-state index in [0.717, 1.165) is 44.6 Å². The third kappa shape index (κ3) is 6.19. The molecule has 1 aliphatic rings. The number of nitrogens with zero attached hydrogens (tertiary/aromatic N) is 1. The Hall–Kier alpha value is -1.27. The first-order valence-electron chi connectivity index (χ1n) is 8.40. The van der Waals surface area contributed by atoms with Crippen LogP contribution >= 0.6 is 12.4 Å². The Morgan fingerprint density at radius 3 is 2.52 bits per heavy atom. The van der Waals surface area contributed by atoms with Gasteiger partial charge in [-0.15, -0.1) is 12.4 Å². The van der Waals surface area contributed by atoms with E-state index in [1.165, 1.54) is 6.07 Å². The number of hydrogen-bond acceptors (Lipinski definition) is 2. The molecule has 0 aromatic heterocycles. The molecule has 2 rings (SSSR count). The molecule has 142 valence electrons. The van der Waals surface area contributed by atoms with Crippen LogP contribution in [0.25, 0.3) is 0 Å². The van der Waals surface area contributed by atoms with E-state index in [9.17, 15) is 18.0 Å². The highest BCUT2D eigenvalue weighted by Gasteiger charge is 2.31. The third-order valence-electron chi connectivity index (χ3n) is 4.64. The van der Waals surface area contributed by atoms with Gasteiger partial charge in [0.15, 0.2) is 0 Å². The maximum Gasteiger partial charge on any atom is 0.416 e. The minimum atomic E-state index is -4.35. The third-order valence-corrected chi connectivity index (χ3v) is 4.64. The van der Waals surface area contributed by atoms with Crippen molar-refractivity contribution in [2.75, 3.05) is 26.7 Å². The van der Waals surface area contributed by atoms with Crippen LogP contribution in [0.5, 0.6) is 0 Å². The summed E-state index contributed by atoms with van der Waals surface area (Å²) < 4.78 is 38.3. The molecule has 1 aliphatic heterocycles. The Morgan fingerprint density at radius 2 is 1.96 bits per heavy atom. The van der Waals surface area contributed by atoms with E-state index in [0.29, 0.717) is 17.9 Å². The minimum Gasteiger partial charge on any atom is -0.342 e. The van der Waals surface area contributed by atoms with Gasteiger partial charge in [-0.3, -0.25) is 4.79 Å². The molecular weight excluding hydrogens is 353 g/mol. The topological polar surface area (TPSA) is 32.3 Å². The molecule has 25 heavy (non-hydrogen) atoms.